The van der Waals surface area contributed by atoms with Crippen LogP contribution in [0.4, 0.5) is 4.79 Å². The van der Waals surface area contributed by atoms with Crippen LogP contribution in [-0.4, -0.2) is 66.3 Å². The van der Waals surface area contributed by atoms with Crippen molar-refractivity contribution in [3.05, 3.63) is 0 Å². The lowest BCUT2D eigenvalue weighted by Gasteiger charge is -2.16. The first-order valence-electron chi connectivity index (χ1n) is 6.08. The van der Waals surface area contributed by atoms with Crippen LogP contribution >= 0.6 is 0 Å². The fourth-order valence-corrected chi connectivity index (χ4v) is 1.89. The molecule has 2 aliphatic heterocycles. The average Bonchev–Trinajstić information content (AvgIpc) is 2.91. The van der Waals surface area contributed by atoms with E-state index in [0.717, 1.165) is 0 Å². The summed E-state index contributed by atoms with van der Waals surface area (Å²) in [7, 11) is 2.42. The number of carbonyl (C=O) groups is 5. The van der Waals surface area contributed by atoms with Gasteiger partial charge in [0, 0.05) is 14.2 Å². The van der Waals surface area contributed by atoms with E-state index in [-0.39, 0.29) is 23.0 Å². The largest absolute Gasteiger partial charge is 0.560 e. The van der Waals surface area contributed by atoms with E-state index in [1.807, 2.05) is 0 Å². The van der Waals surface area contributed by atoms with Gasteiger partial charge in [0.25, 0.3) is 23.6 Å². The molecule has 11 heteroatoms. The summed E-state index contributed by atoms with van der Waals surface area (Å²) in [4.78, 5) is 66.5. The highest BCUT2D eigenvalue weighted by molar-refractivity contribution is 6.05. The normalized spacial score (nSPS) is 25.2. The molecule has 2 fully saturated rings. The van der Waals surface area contributed by atoms with Gasteiger partial charge in [-0.3, -0.25) is 28.9 Å². The van der Waals surface area contributed by atoms with E-state index in [0.29, 0.717) is 0 Å². The maximum atomic E-state index is 11.6. The van der Waals surface area contributed by atoms with Gasteiger partial charge in [0.05, 0.1) is 12.8 Å². The topological polar surface area (TPSA) is 129 Å². The van der Waals surface area contributed by atoms with Crippen molar-refractivity contribution in [3.63, 3.8) is 0 Å². The minimum absolute atomic E-state index is 0.162. The SMILES string of the molecule is COC1CC(=O)N(OC(=O)ON2C(=O)CC(OC)C2=O)C1=O. The molecule has 0 N–H and O–H groups in total. The maximum absolute atomic E-state index is 11.6. The molecule has 2 heterocycles. The van der Waals surface area contributed by atoms with E-state index in [4.69, 9.17) is 9.47 Å². The Hall–Kier alpha value is -2.53. The zero-order valence-electron chi connectivity index (χ0n) is 11.6. The summed E-state index contributed by atoms with van der Waals surface area (Å²) in [5.74, 6) is -3.41. The van der Waals surface area contributed by atoms with E-state index >= 15 is 0 Å². The number of rotatable bonds is 4. The number of imide groups is 2. The maximum Gasteiger partial charge on any atom is 0.560 e. The predicted molar refractivity (Wildman–Crippen MR) is 62.1 cm³/mol. The summed E-state index contributed by atoms with van der Waals surface area (Å²) < 4.78 is 9.44. The summed E-state index contributed by atoms with van der Waals surface area (Å²) in [6.07, 6.45) is -4.30. The van der Waals surface area contributed by atoms with Gasteiger partial charge in [-0.1, -0.05) is 10.1 Å². The molecule has 0 aliphatic carbocycles. The van der Waals surface area contributed by atoms with Crippen molar-refractivity contribution in [3.8, 4) is 0 Å². The first-order chi connectivity index (χ1) is 10.4. The van der Waals surface area contributed by atoms with E-state index in [9.17, 15) is 24.0 Å². The molecule has 0 radical (unpaired) electrons. The van der Waals surface area contributed by atoms with Gasteiger partial charge in [-0.2, -0.15) is 4.79 Å². The Labute approximate surface area is 123 Å². The van der Waals surface area contributed by atoms with Gasteiger partial charge in [0.1, 0.15) is 12.2 Å². The van der Waals surface area contributed by atoms with Gasteiger partial charge in [0.15, 0.2) is 0 Å². The van der Waals surface area contributed by atoms with Crippen molar-refractivity contribution in [1.29, 1.82) is 0 Å². The Bertz CT molecular complexity index is 500. The molecule has 0 saturated carbocycles. The zero-order chi connectivity index (χ0) is 16.4. The zero-order valence-corrected chi connectivity index (χ0v) is 11.6. The highest BCUT2D eigenvalue weighted by Crippen LogP contribution is 2.19. The number of nitrogens with zero attached hydrogens (tertiary/aromatic N) is 2. The molecule has 4 amide bonds. The Kier molecular flexibility index (Phi) is 4.37. The molecule has 0 spiro atoms. The molecule has 120 valence electrons. The quantitative estimate of drug-likeness (QED) is 0.570. The van der Waals surface area contributed by atoms with Crippen LogP contribution in [0, 0.1) is 0 Å². The van der Waals surface area contributed by atoms with Gasteiger partial charge in [-0.15, -0.1) is 0 Å². The van der Waals surface area contributed by atoms with Gasteiger partial charge in [0.2, 0.25) is 0 Å². The summed E-state index contributed by atoms with van der Waals surface area (Å²) >= 11 is 0. The van der Waals surface area contributed by atoms with Crippen LogP contribution in [0.2, 0.25) is 0 Å². The first-order valence-corrected chi connectivity index (χ1v) is 6.08. The molecule has 2 atom stereocenters. The lowest BCUT2D eigenvalue weighted by atomic mass is 10.3. The second kappa shape index (κ2) is 6.07. The Morgan fingerprint density at radius 1 is 0.864 bits per heavy atom. The highest BCUT2D eigenvalue weighted by atomic mass is 16.9. The average molecular weight is 316 g/mol. The molecular weight excluding hydrogens is 304 g/mol. The molecule has 2 unspecified atom stereocenters. The lowest BCUT2D eigenvalue weighted by molar-refractivity contribution is -0.200. The summed E-state index contributed by atoms with van der Waals surface area (Å²) in [6, 6.07) is 0. The van der Waals surface area contributed by atoms with Crippen LogP contribution in [0.1, 0.15) is 12.8 Å². The minimum atomic E-state index is -1.59. The minimum Gasteiger partial charge on any atom is -0.371 e. The highest BCUT2D eigenvalue weighted by Gasteiger charge is 2.45. The van der Waals surface area contributed by atoms with Crippen molar-refractivity contribution in [2.24, 2.45) is 0 Å². The van der Waals surface area contributed by atoms with E-state index in [1.54, 1.807) is 0 Å². The van der Waals surface area contributed by atoms with Crippen molar-refractivity contribution in [2.45, 2.75) is 25.0 Å². The number of hydroxylamine groups is 4. The predicted octanol–water partition coefficient (Wildman–Crippen LogP) is -1.48. The van der Waals surface area contributed by atoms with Gasteiger partial charge < -0.3 is 9.47 Å². The monoisotopic (exact) mass is 316 g/mol. The van der Waals surface area contributed by atoms with Crippen LogP contribution in [-0.2, 0) is 38.3 Å². The molecule has 11 nitrogen and oxygen atoms in total. The molecule has 0 aromatic heterocycles. The van der Waals surface area contributed by atoms with Gasteiger partial charge in [-0.25, -0.2) is 0 Å². The van der Waals surface area contributed by atoms with Crippen molar-refractivity contribution < 1.29 is 43.1 Å². The Morgan fingerprint density at radius 3 is 1.50 bits per heavy atom. The fourth-order valence-electron chi connectivity index (χ4n) is 1.89. The second-order valence-electron chi connectivity index (χ2n) is 4.34. The fraction of sp³-hybridized carbons (Fsp3) is 0.545. The van der Waals surface area contributed by atoms with Gasteiger partial charge >= 0.3 is 6.16 Å². The summed E-state index contributed by atoms with van der Waals surface area (Å²) in [5.41, 5.74) is 0. The standard InChI is InChI=1S/C11H12N2O9/c1-19-5-3-7(14)12(9(5)16)21-11(18)22-13-8(15)4-6(20-2)10(13)17/h5-6H,3-4H2,1-2H3. The molecule has 0 aromatic rings. The van der Waals surface area contributed by atoms with Crippen LogP contribution in [0.3, 0.4) is 0 Å². The molecule has 2 rings (SSSR count). The van der Waals surface area contributed by atoms with Crippen LogP contribution in [0.25, 0.3) is 0 Å². The number of hydrogen-bond donors (Lipinski definition) is 0. The Morgan fingerprint density at radius 2 is 1.23 bits per heavy atom. The summed E-state index contributed by atoms with van der Waals surface area (Å²) in [6.45, 7) is 0. The number of carbonyl (C=O) groups excluding carboxylic acids is 5. The van der Waals surface area contributed by atoms with Gasteiger partial charge in [-0.05, 0) is 0 Å². The third kappa shape index (κ3) is 2.76. The Balaban J connectivity index is 1.96. The third-order valence-electron chi connectivity index (χ3n) is 3.02. The molecule has 2 aliphatic rings. The van der Waals surface area contributed by atoms with Crippen molar-refractivity contribution in [2.75, 3.05) is 14.2 Å². The third-order valence-corrected chi connectivity index (χ3v) is 3.02. The van der Waals surface area contributed by atoms with E-state index < -0.39 is 42.0 Å². The van der Waals surface area contributed by atoms with Crippen LogP contribution in [0.15, 0.2) is 0 Å². The number of hydrogen-bond acceptors (Lipinski definition) is 9. The van der Waals surface area contributed by atoms with Crippen LogP contribution in [0.5, 0.6) is 0 Å². The first kappa shape index (κ1) is 15.9. The molecule has 0 bridgehead atoms. The molecule has 22 heavy (non-hydrogen) atoms. The summed E-state index contributed by atoms with van der Waals surface area (Å²) in [5, 5.41) is 0.324. The van der Waals surface area contributed by atoms with E-state index in [2.05, 4.69) is 9.68 Å². The molecular formula is C11H12N2O9. The number of ether oxygens (including phenoxy) is 2. The van der Waals surface area contributed by atoms with Crippen molar-refractivity contribution >= 4 is 29.8 Å². The lowest BCUT2D eigenvalue weighted by Crippen LogP contribution is -2.39. The number of amides is 4. The van der Waals surface area contributed by atoms with Crippen molar-refractivity contribution in [1.82, 2.24) is 10.1 Å². The molecule has 2 saturated heterocycles. The second-order valence-corrected chi connectivity index (χ2v) is 4.34. The smallest absolute Gasteiger partial charge is 0.371 e. The molecule has 0 aromatic carbocycles. The number of methoxy groups -OCH3 is 2. The van der Waals surface area contributed by atoms with Crippen LogP contribution < -0.4 is 0 Å². The van der Waals surface area contributed by atoms with E-state index in [1.165, 1.54) is 14.2 Å².